The monoisotopic (exact) mass is 291 g/mol. The minimum Gasteiger partial charge on any atom is -0.507 e. The zero-order chi connectivity index (χ0) is 14.7. The second-order valence-corrected chi connectivity index (χ2v) is 5.04. The summed E-state index contributed by atoms with van der Waals surface area (Å²) in [6, 6.07) is 5.82. The van der Waals surface area contributed by atoms with Crippen LogP contribution in [0, 0.1) is 0 Å². The van der Waals surface area contributed by atoms with E-state index < -0.39 is 5.97 Å². The summed E-state index contributed by atoms with van der Waals surface area (Å²) in [6.45, 7) is 1.96. The predicted molar refractivity (Wildman–Crippen MR) is 76.7 cm³/mol. The number of nitrogens with one attached hydrogen (secondary N) is 1. The molecule has 104 valence electrons. The fourth-order valence-electron chi connectivity index (χ4n) is 1.79. The molecule has 2 rings (SSSR count). The van der Waals surface area contributed by atoms with Gasteiger partial charge in [0.2, 0.25) is 0 Å². The number of aromatic hydroxyl groups is 1. The Morgan fingerprint density at radius 2 is 2.05 bits per heavy atom. The lowest BCUT2D eigenvalue weighted by Crippen LogP contribution is -2.12. The summed E-state index contributed by atoms with van der Waals surface area (Å²) in [5.74, 6) is -1.86. The Morgan fingerprint density at radius 3 is 2.70 bits per heavy atom. The smallest absolute Gasteiger partial charge is 0.339 e. The van der Waals surface area contributed by atoms with Crippen molar-refractivity contribution >= 4 is 28.9 Å². The molecule has 0 radical (unpaired) electrons. The number of hydrogen-bond acceptors (Lipinski definition) is 4. The lowest BCUT2D eigenvalue weighted by molar-refractivity contribution is 0.0693. The number of aromatic carboxylic acids is 1. The van der Waals surface area contributed by atoms with Gasteiger partial charge in [0.05, 0.1) is 4.88 Å². The Kier molecular flexibility index (Phi) is 4.05. The minimum absolute atomic E-state index is 0.246. The van der Waals surface area contributed by atoms with E-state index in [1.165, 1.54) is 29.5 Å². The molecule has 0 bridgehead atoms. The number of phenols is 1. The Morgan fingerprint density at radius 1 is 1.30 bits per heavy atom. The molecule has 0 aliphatic heterocycles. The van der Waals surface area contributed by atoms with E-state index in [1.54, 1.807) is 0 Å². The van der Waals surface area contributed by atoms with Gasteiger partial charge in [0, 0.05) is 5.69 Å². The first-order chi connectivity index (χ1) is 9.52. The lowest BCUT2D eigenvalue weighted by Gasteiger charge is -2.07. The molecule has 1 aromatic carbocycles. The molecule has 1 amide bonds. The first-order valence-corrected chi connectivity index (χ1v) is 6.85. The van der Waals surface area contributed by atoms with Crippen LogP contribution in [0.5, 0.6) is 5.75 Å². The molecule has 0 saturated carbocycles. The van der Waals surface area contributed by atoms with E-state index in [-0.39, 0.29) is 17.2 Å². The number of hydrogen-bond donors (Lipinski definition) is 3. The maximum atomic E-state index is 12.1. The molecule has 3 N–H and O–H groups in total. The van der Waals surface area contributed by atoms with Crippen molar-refractivity contribution in [2.24, 2.45) is 0 Å². The molecule has 0 unspecified atom stereocenters. The van der Waals surface area contributed by atoms with Gasteiger partial charge in [-0.3, -0.25) is 4.79 Å². The van der Waals surface area contributed by atoms with Gasteiger partial charge in [0.1, 0.15) is 11.3 Å². The molecule has 0 aliphatic rings. The van der Waals surface area contributed by atoms with E-state index in [4.69, 9.17) is 5.11 Å². The first-order valence-electron chi connectivity index (χ1n) is 5.97. The van der Waals surface area contributed by atoms with Crippen LogP contribution in [0.25, 0.3) is 0 Å². The number of benzene rings is 1. The molecule has 2 aromatic rings. The van der Waals surface area contributed by atoms with Crippen LogP contribution in [0.4, 0.5) is 5.69 Å². The highest BCUT2D eigenvalue weighted by atomic mass is 32.1. The van der Waals surface area contributed by atoms with E-state index >= 15 is 0 Å². The van der Waals surface area contributed by atoms with Crippen LogP contribution in [-0.2, 0) is 6.42 Å². The number of carboxylic acids is 1. The van der Waals surface area contributed by atoms with Crippen molar-refractivity contribution in [1.29, 1.82) is 0 Å². The van der Waals surface area contributed by atoms with Crippen molar-refractivity contribution in [2.75, 3.05) is 5.32 Å². The van der Waals surface area contributed by atoms with Gasteiger partial charge in [-0.05, 0) is 41.6 Å². The lowest BCUT2D eigenvalue weighted by atomic mass is 10.1. The van der Waals surface area contributed by atoms with E-state index in [9.17, 15) is 14.7 Å². The molecule has 6 heteroatoms. The molecule has 0 fully saturated rings. The van der Waals surface area contributed by atoms with Gasteiger partial charge in [-0.1, -0.05) is 6.92 Å². The molecule has 5 nitrogen and oxygen atoms in total. The zero-order valence-corrected chi connectivity index (χ0v) is 11.5. The van der Waals surface area contributed by atoms with Crippen LogP contribution < -0.4 is 5.32 Å². The number of anilines is 1. The maximum absolute atomic E-state index is 12.1. The zero-order valence-electron chi connectivity index (χ0n) is 10.7. The van der Waals surface area contributed by atoms with Gasteiger partial charge in [-0.2, -0.15) is 0 Å². The predicted octanol–water partition coefficient (Wildman–Crippen LogP) is 2.97. The van der Waals surface area contributed by atoms with Crippen LogP contribution in [0.1, 0.15) is 32.5 Å². The number of amides is 1. The number of carbonyl (C=O) groups excluding carboxylic acids is 1. The number of thiophene rings is 1. The van der Waals surface area contributed by atoms with Crippen LogP contribution in [0.15, 0.2) is 29.6 Å². The summed E-state index contributed by atoms with van der Waals surface area (Å²) in [6.07, 6.45) is 0.752. The van der Waals surface area contributed by atoms with Crippen LogP contribution in [0.2, 0.25) is 0 Å². The minimum atomic E-state index is -1.25. The molecule has 20 heavy (non-hydrogen) atoms. The Balaban J connectivity index is 2.24. The maximum Gasteiger partial charge on any atom is 0.339 e. The summed E-state index contributed by atoms with van der Waals surface area (Å²) in [5.41, 5.74) is 1.04. The normalized spacial score (nSPS) is 10.2. The van der Waals surface area contributed by atoms with Gasteiger partial charge >= 0.3 is 5.97 Å². The van der Waals surface area contributed by atoms with Crippen molar-refractivity contribution in [3.05, 3.63) is 45.6 Å². The van der Waals surface area contributed by atoms with E-state index in [2.05, 4.69) is 5.32 Å². The molecule has 1 aromatic heterocycles. The molecule has 0 atom stereocenters. The largest absolute Gasteiger partial charge is 0.507 e. The molecule has 0 spiro atoms. The SMILES string of the molecule is CCc1ccsc1C(=O)Nc1ccc(O)c(C(=O)O)c1. The quantitative estimate of drug-likeness (QED) is 0.756. The summed E-state index contributed by atoms with van der Waals surface area (Å²) in [5, 5.41) is 22.8. The summed E-state index contributed by atoms with van der Waals surface area (Å²) < 4.78 is 0. The topological polar surface area (TPSA) is 86.6 Å². The third-order valence-electron chi connectivity index (χ3n) is 2.82. The van der Waals surface area contributed by atoms with E-state index in [0.717, 1.165) is 12.0 Å². The van der Waals surface area contributed by atoms with Crippen molar-refractivity contribution in [2.45, 2.75) is 13.3 Å². The molecule has 0 aliphatic carbocycles. The average molecular weight is 291 g/mol. The third kappa shape index (κ3) is 2.80. The van der Waals surface area contributed by atoms with E-state index in [0.29, 0.717) is 10.6 Å². The Bertz CT molecular complexity index is 663. The molecular formula is C14H13NO4S. The summed E-state index contributed by atoms with van der Waals surface area (Å²) in [7, 11) is 0. The molecule has 0 saturated heterocycles. The fraction of sp³-hybridized carbons (Fsp3) is 0.143. The highest BCUT2D eigenvalue weighted by molar-refractivity contribution is 7.12. The Labute approximate surface area is 119 Å². The van der Waals surface area contributed by atoms with Crippen molar-refractivity contribution in [3.63, 3.8) is 0 Å². The number of carboxylic acid groups (broad SMARTS) is 1. The van der Waals surface area contributed by atoms with Gasteiger partial charge in [0.25, 0.3) is 5.91 Å². The van der Waals surface area contributed by atoms with Crippen molar-refractivity contribution in [3.8, 4) is 5.75 Å². The van der Waals surface area contributed by atoms with Crippen molar-refractivity contribution in [1.82, 2.24) is 0 Å². The van der Waals surface area contributed by atoms with Gasteiger partial charge in [0.15, 0.2) is 0 Å². The highest BCUT2D eigenvalue weighted by Crippen LogP contribution is 2.23. The van der Waals surface area contributed by atoms with Crippen LogP contribution in [0.3, 0.4) is 0 Å². The summed E-state index contributed by atoms with van der Waals surface area (Å²) in [4.78, 5) is 23.6. The number of rotatable bonds is 4. The van der Waals surface area contributed by atoms with Gasteiger partial charge in [-0.25, -0.2) is 4.79 Å². The molecule has 1 heterocycles. The molecular weight excluding hydrogens is 278 g/mol. The highest BCUT2D eigenvalue weighted by Gasteiger charge is 2.15. The number of carbonyl (C=O) groups is 2. The van der Waals surface area contributed by atoms with Crippen LogP contribution in [-0.4, -0.2) is 22.1 Å². The second kappa shape index (κ2) is 5.75. The first kappa shape index (κ1) is 14.1. The Hall–Kier alpha value is -2.34. The van der Waals surface area contributed by atoms with Crippen LogP contribution >= 0.6 is 11.3 Å². The summed E-state index contributed by atoms with van der Waals surface area (Å²) >= 11 is 1.34. The van der Waals surface area contributed by atoms with Crippen molar-refractivity contribution < 1.29 is 19.8 Å². The number of aryl methyl sites for hydroxylation is 1. The standard InChI is InChI=1S/C14H13NO4S/c1-2-8-5-6-20-12(8)13(17)15-9-3-4-11(16)10(7-9)14(18)19/h3-7,16H,2H2,1H3,(H,15,17)(H,18,19). The third-order valence-corrected chi connectivity index (χ3v) is 3.77. The second-order valence-electron chi connectivity index (χ2n) is 4.12. The fourth-order valence-corrected chi connectivity index (χ4v) is 2.68. The van der Waals surface area contributed by atoms with E-state index in [1.807, 2.05) is 18.4 Å². The average Bonchev–Trinajstić information content (AvgIpc) is 2.89. The van der Waals surface area contributed by atoms with Gasteiger partial charge in [-0.15, -0.1) is 11.3 Å². The van der Waals surface area contributed by atoms with Gasteiger partial charge < -0.3 is 15.5 Å².